The molecular weight excluding hydrogens is 336 g/mol. The maximum Gasteiger partial charge on any atom is 0.187 e. The molecule has 1 saturated heterocycles. The predicted molar refractivity (Wildman–Crippen MR) is 86.4 cm³/mol. The van der Waals surface area contributed by atoms with Crippen LogP contribution >= 0.6 is 0 Å². The van der Waals surface area contributed by atoms with E-state index >= 15 is 0 Å². The number of aliphatic hydroxyl groups excluding tert-OH is 7. The van der Waals surface area contributed by atoms with Gasteiger partial charge in [0.05, 0.1) is 31.0 Å². The molecule has 0 spiro atoms. The third-order valence-corrected chi connectivity index (χ3v) is 4.45. The van der Waals surface area contributed by atoms with Crippen molar-refractivity contribution < 1.29 is 45.2 Å². The lowest BCUT2D eigenvalue weighted by atomic mass is 9.93. The second-order valence-corrected chi connectivity index (χ2v) is 6.83. The van der Waals surface area contributed by atoms with Gasteiger partial charge in [-0.3, -0.25) is 0 Å². The van der Waals surface area contributed by atoms with Crippen LogP contribution in [0.2, 0.25) is 0 Å². The van der Waals surface area contributed by atoms with Gasteiger partial charge in [0, 0.05) is 0 Å². The summed E-state index contributed by atoms with van der Waals surface area (Å²) in [6, 6.07) is 0. The van der Waals surface area contributed by atoms with Gasteiger partial charge in [-0.2, -0.15) is 0 Å². The van der Waals surface area contributed by atoms with E-state index in [1.165, 1.54) is 0 Å². The van der Waals surface area contributed by atoms with Crippen LogP contribution in [0, 0.1) is 0 Å². The summed E-state index contributed by atoms with van der Waals surface area (Å²) >= 11 is 0. The predicted octanol–water partition coefficient (Wildman–Crippen LogP) is -2.37. The molecule has 7 atom stereocenters. The Morgan fingerprint density at radius 2 is 1.72 bits per heavy atom. The lowest BCUT2D eigenvalue weighted by Crippen LogP contribution is -2.61. The first-order valence-corrected chi connectivity index (χ1v) is 8.18. The van der Waals surface area contributed by atoms with E-state index in [1.54, 1.807) is 13.8 Å². The van der Waals surface area contributed by atoms with E-state index in [0.29, 0.717) is 5.57 Å². The van der Waals surface area contributed by atoms with Gasteiger partial charge >= 0.3 is 0 Å². The molecule has 1 rings (SSSR count). The summed E-state index contributed by atoms with van der Waals surface area (Å²) in [6.45, 7) is 5.69. The van der Waals surface area contributed by atoms with Gasteiger partial charge in [-0.05, 0) is 32.3 Å². The van der Waals surface area contributed by atoms with Gasteiger partial charge in [-0.25, -0.2) is 0 Å². The molecule has 0 bridgehead atoms. The first-order valence-electron chi connectivity index (χ1n) is 8.18. The summed E-state index contributed by atoms with van der Waals surface area (Å²) < 4.78 is 10.8. The Labute approximate surface area is 146 Å². The lowest BCUT2D eigenvalue weighted by molar-refractivity contribution is -0.331. The number of ether oxygens (including phenoxy) is 2. The standard InChI is InChI=1S/C16H30O9/c1-8(9(19)6-17)4-5-11(20)16(2,3)25-15-14(23)13(22)12(21)10(7-18)24-15/h9-15,17-23H,1,4-7H2,2-3H3. The molecule has 1 aliphatic rings. The van der Waals surface area contributed by atoms with Crippen LogP contribution in [0.1, 0.15) is 26.7 Å². The molecule has 7 unspecified atom stereocenters. The minimum absolute atomic E-state index is 0.167. The maximum absolute atomic E-state index is 10.3. The zero-order chi connectivity index (χ0) is 19.4. The molecule has 148 valence electrons. The Balaban J connectivity index is 2.67. The van der Waals surface area contributed by atoms with Gasteiger partial charge in [0.2, 0.25) is 0 Å². The van der Waals surface area contributed by atoms with Crippen molar-refractivity contribution in [2.45, 2.75) is 75.2 Å². The molecule has 0 aromatic rings. The second-order valence-electron chi connectivity index (χ2n) is 6.83. The minimum atomic E-state index is -1.57. The van der Waals surface area contributed by atoms with Gasteiger partial charge in [0.1, 0.15) is 24.4 Å². The third kappa shape index (κ3) is 5.68. The largest absolute Gasteiger partial charge is 0.394 e. The molecule has 0 amide bonds. The lowest BCUT2D eigenvalue weighted by Gasteiger charge is -2.43. The SMILES string of the molecule is C=C(CCC(O)C(C)(C)OC1OC(CO)C(O)C(O)C1O)C(O)CO. The molecule has 9 heteroatoms. The Kier molecular flexibility index (Phi) is 8.39. The molecule has 0 saturated carbocycles. The fourth-order valence-corrected chi connectivity index (χ4v) is 2.51. The van der Waals surface area contributed by atoms with Gasteiger partial charge in [0.15, 0.2) is 6.29 Å². The van der Waals surface area contributed by atoms with Crippen LogP contribution in [0.5, 0.6) is 0 Å². The van der Waals surface area contributed by atoms with E-state index in [2.05, 4.69) is 6.58 Å². The van der Waals surface area contributed by atoms with E-state index in [1.807, 2.05) is 0 Å². The van der Waals surface area contributed by atoms with Crippen molar-refractivity contribution in [1.29, 1.82) is 0 Å². The highest BCUT2D eigenvalue weighted by Gasteiger charge is 2.46. The number of hydrogen-bond acceptors (Lipinski definition) is 9. The maximum atomic E-state index is 10.3. The van der Waals surface area contributed by atoms with Crippen molar-refractivity contribution in [3.05, 3.63) is 12.2 Å². The summed E-state index contributed by atoms with van der Waals surface area (Å²) in [6.07, 6.45) is -8.77. The highest BCUT2D eigenvalue weighted by atomic mass is 16.7. The first-order chi connectivity index (χ1) is 11.5. The van der Waals surface area contributed by atoms with Gasteiger partial charge in [-0.15, -0.1) is 0 Å². The highest BCUT2D eigenvalue weighted by Crippen LogP contribution is 2.29. The molecule has 0 aliphatic carbocycles. The van der Waals surface area contributed by atoms with E-state index in [9.17, 15) is 30.6 Å². The molecule has 25 heavy (non-hydrogen) atoms. The summed E-state index contributed by atoms with van der Waals surface area (Å²) in [7, 11) is 0. The fourth-order valence-electron chi connectivity index (χ4n) is 2.51. The fraction of sp³-hybridized carbons (Fsp3) is 0.875. The summed E-state index contributed by atoms with van der Waals surface area (Å²) in [5.41, 5.74) is -0.844. The van der Waals surface area contributed by atoms with E-state index in [4.69, 9.17) is 14.6 Å². The molecule has 0 aromatic heterocycles. The smallest absolute Gasteiger partial charge is 0.187 e. The van der Waals surface area contributed by atoms with Crippen LogP contribution in [0.15, 0.2) is 12.2 Å². The van der Waals surface area contributed by atoms with Crippen LogP contribution in [0.3, 0.4) is 0 Å². The van der Waals surface area contributed by atoms with Crippen LogP contribution < -0.4 is 0 Å². The first kappa shape index (κ1) is 22.4. The van der Waals surface area contributed by atoms with Crippen molar-refractivity contribution in [2.24, 2.45) is 0 Å². The minimum Gasteiger partial charge on any atom is -0.394 e. The van der Waals surface area contributed by atoms with Crippen molar-refractivity contribution in [3.8, 4) is 0 Å². The van der Waals surface area contributed by atoms with Crippen LogP contribution in [0.25, 0.3) is 0 Å². The van der Waals surface area contributed by atoms with Gasteiger partial charge < -0.3 is 45.2 Å². The Bertz CT molecular complexity index is 426. The Hall–Kier alpha value is -0.620. The second kappa shape index (κ2) is 9.36. The molecule has 0 aromatic carbocycles. The summed E-state index contributed by atoms with van der Waals surface area (Å²) in [5, 5.41) is 67.3. The van der Waals surface area contributed by atoms with Crippen molar-refractivity contribution in [3.63, 3.8) is 0 Å². The number of rotatable bonds is 9. The average Bonchev–Trinajstić information content (AvgIpc) is 2.58. The van der Waals surface area contributed by atoms with Crippen molar-refractivity contribution in [2.75, 3.05) is 13.2 Å². The topological polar surface area (TPSA) is 160 Å². The molecule has 1 heterocycles. The Morgan fingerprint density at radius 1 is 1.12 bits per heavy atom. The Morgan fingerprint density at radius 3 is 2.24 bits per heavy atom. The normalized spacial score (nSPS) is 33.1. The molecule has 1 aliphatic heterocycles. The zero-order valence-corrected chi connectivity index (χ0v) is 14.5. The van der Waals surface area contributed by atoms with E-state index in [0.717, 1.165) is 0 Å². The van der Waals surface area contributed by atoms with Crippen LogP contribution in [-0.4, -0.2) is 97.5 Å². The van der Waals surface area contributed by atoms with Crippen molar-refractivity contribution in [1.82, 2.24) is 0 Å². The van der Waals surface area contributed by atoms with Gasteiger partial charge in [-0.1, -0.05) is 6.58 Å². The van der Waals surface area contributed by atoms with E-state index < -0.39 is 61.7 Å². The zero-order valence-electron chi connectivity index (χ0n) is 14.5. The summed E-state index contributed by atoms with van der Waals surface area (Å²) in [4.78, 5) is 0. The molecule has 7 N–H and O–H groups in total. The molecule has 0 radical (unpaired) electrons. The monoisotopic (exact) mass is 366 g/mol. The molecule has 1 fully saturated rings. The quantitative estimate of drug-likeness (QED) is 0.221. The van der Waals surface area contributed by atoms with Crippen LogP contribution in [0.4, 0.5) is 0 Å². The van der Waals surface area contributed by atoms with Gasteiger partial charge in [0.25, 0.3) is 0 Å². The van der Waals surface area contributed by atoms with E-state index in [-0.39, 0.29) is 12.8 Å². The number of aliphatic hydroxyl groups is 7. The molecule has 9 nitrogen and oxygen atoms in total. The number of hydrogen-bond donors (Lipinski definition) is 7. The summed E-state index contributed by atoms with van der Waals surface area (Å²) in [5.74, 6) is 0. The van der Waals surface area contributed by atoms with Crippen LogP contribution in [-0.2, 0) is 9.47 Å². The highest BCUT2D eigenvalue weighted by molar-refractivity contribution is 5.02. The van der Waals surface area contributed by atoms with Crippen molar-refractivity contribution >= 4 is 0 Å². The molecular formula is C16H30O9. The average molecular weight is 366 g/mol. The third-order valence-electron chi connectivity index (χ3n) is 4.45.